The van der Waals surface area contributed by atoms with E-state index in [1.807, 2.05) is 73.9 Å². The minimum atomic E-state index is -0.433. The lowest BCUT2D eigenvalue weighted by Crippen LogP contribution is -2.34. The first-order valence-electron chi connectivity index (χ1n) is 10.8. The molecule has 1 heterocycles. The molecule has 32 heavy (non-hydrogen) atoms. The third kappa shape index (κ3) is 5.50. The molecule has 0 aliphatic carbocycles. The van der Waals surface area contributed by atoms with Crippen molar-refractivity contribution in [3.63, 3.8) is 0 Å². The molecule has 5 nitrogen and oxygen atoms in total. The number of carbonyl (C=O) groups excluding carboxylic acids is 1. The van der Waals surface area contributed by atoms with E-state index in [-0.39, 0.29) is 5.91 Å². The number of aryl methyl sites for hydroxylation is 2. The summed E-state index contributed by atoms with van der Waals surface area (Å²) >= 11 is 0. The fraction of sp³-hybridized carbons (Fsp3) is 0.185. The van der Waals surface area contributed by atoms with Gasteiger partial charge in [-0.15, -0.1) is 0 Å². The van der Waals surface area contributed by atoms with Gasteiger partial charge in [0.1, 0.15) is 6.04 Å². The number of hydrogen-bond acceptors (Lipinski definition) is 3. The molecule has 0 unspecified atom stereocenters. The molecular formula is C27H28N4O. The SMILES string of the molecule is Cc1ccc(CCN[C@@H](C(=O)Nc2ccc(-c3ccn(C)n3)cc2)c2ccccc2)cc1. The highest BCUT2D eigenvalue weighted by Gasteiger charge is 2.20. The van der Waals surface area contributed by atoms with Crippen LogP contribution in [0.3, 0.4) is 0 Å². The average molecular weight is 425 g/mol. The quantitative estimate of drug-likeness (QED) is 0.423. The summed E-state index contributed by atoms with van der Waals surface area (Å²) < 4.78 is 1.78. The molecule has 0 spiro atoms. The van der Waals surface area contributed by atoms with Gasteiger partial charge in [-0.2, -0.15) is 5.10 Å². The van der Waals surface area contributed by atoms with Crippen molar-refractivity contribution in [1.29, 1.82) is 0 Å². The van der Waals surface area contributed by atoms with Gasteiger partial charge in [-0.05, 0) is 42.7 Å². The van der Waals surface area contributed by atoms with Crippen LogP contribution in [0.5, 0.6) is 0 Å². The average Bonchev–Trinajstić information content (AvgIpc) is 3.25. The van der Waals surface area contributed by atoms with Gasteiger partial charge in [0.2, 0.25) is 5.91 Å². The predicted octanol–water partition coefficient (Wildman–Crippen LogP) is 4.91. The lowest BCUT2D eigenvalue weighted by molar-refractivity contribution is -0.118. The molecular weight excluding hydrogens is 396 g/mol. The highest BCUT2D eigenvalue weighted by Crippen LogP contribution is 2.21. The number of rotatable bonds is 8. The Hall–Kier alpha value is -3.70. The van der Waals surface area contributed by atoms with Crippen molar-refractivity contribution >= 4 is 11.6 Å². The van der Waals surface area contributed by atoms with Gasteiger partial charge in [0, 0.05) is 31.0 Å². The number of benzene rings is 3. The van der Waals surface area contributed by atoms with Gasteiger partial charge >= 0.3 is 0 Å². The van der Waals surface area contributed by atoms with Crippen LogP contribution in [0, 0.1) is 6.92 Å². The van der Waals surface area contributed by atoms with E-state index in [0.717, 1.165) is 28.9 Å². The molecule has 0 aliphatic rings. The van der Waals surface area contributed by atoms with Crippen molar-refractivity contribution in [3.05, 3.63) is 108 Å². The summed E-state index contributed by atoms with van der Waals surface area (Å²) in [6.45, 7) is 2.79. The van der Waals surface area contributed by atoms with E-state index >= 15 is 0 Å². The summed E-state index contributed by atoms with van der Waals surface area (Å²) in [7, 11) is 1.90. The van der Waals surface area contributed by atoms with E-state index in [9.17, 15) is 4.79 Å². The van der Waals surface area contributed by atoms with Crippen LogP contribution < -0.4 is 10.6 Å². The number of amides is 1. The fourth-order valence-corrected chi connectivity index (χ4v) is 3.63. The van der Waals surface area contributed by atoms with Crippen LogP contribution in [0.2, 0.25) is 0 Å². The molecule has 0 aliphatic heterocycles. The van der Waals surface area contributed by atoms with Crippen LogP contribution in [0.25, 0.3) is 11.3 Å². The van der Waals surface area contributed by atoms with Gasteiger partial charge in [0.25, 0.3) is 0 Å². The molecule has 3 aromatic carbocycles. The van der Waals surface area contributed by atoms with Crippen molar-refractivity contribution < 1.29 is 4.79 Å². The zero-order valence-electron chi connectivity index (χ0n) is 18.5. The zero-order valence-corrected chi connectivity index (χ0v) is 18.5. The summed E-state index contributed by atoms with van der Waals surface area (Å²) in [4.78, 5) is 13.2. The third-order valence-corrected chi connectivity index (χ3v) is 5.44. The standard InChI is InChI=1S/C27H28N4O/c1-20-8-10-21(11-9-20)16-18-28-26(23-6-4-3-5-7-23)27(32)29-24-14-12-22(13-15-24)25-17-19-31(2)30-25/h3-15,17,19,26,28H,16,18H2,1-2H3,(H,29,32)/t26-/m1/s1. The van der Waals surface area contributed by atoms with Crippen molar-refractivity contribution in [1.82, 2.24) is 15.1 Å². The summed E-state index contributed by atoms with van der Waals surface area (Å²) in [5, 5.41) is 10.9. The van der Waals surface area contributed by atoms with E-state index in [4.69, 9.17) is 0 Å². The Morgan fingerprint density at radius 2 is 1.66 bits per heavy atom. The lowest BCUT2D eigenvalue weighted by atomic mass is 10.0. The largest absolute Gasteiger partial charge is 0.324 e. The van der Waals surface area contributed by atoms with Gasteiger partial charge in [0.05, 0.1) is 5.69 Å². The molecule has 4 rings (SSSR count). The van der Waals surface area contributed by atoms with Crippen LogP contribution in [-0.4, -0.2) is 22.2 Å². The van der Waals surface area contributed by atoms with Gasteiger partial charge in [-0.3, -0.25) is 9.48 Å². The normalized spacial score (nSPS) is 11.8. The number of aromatic nitrogens is 2. The molecule has 4 aromatic rings. The van der Waals surface area contributed by atoms with E-state index in [2.05, 4.69) is 46.9 Å². The second-order valence-electron chi connectivity index (χ2n) is 7.97. The van der Waals surface area contributed by atoms with Crippen molar-refractivity contribution in [2.24, 2.45) is 7.05 Å². The van der Waals surface area contributed by atoms with Gasteiger partial charge in [-0.1, -0.05) is 72.3 Å². The molecule has 0 saturated heterocycles. The Bertz CT molecular complexity index is 1150. The first-order valence-corrected chi connectivity index (χ1v) is 10.8. The van der Waals surface area contributed by atoms with Crippen LogP contribution >= 0.6 is 0 Å². The molecule has 0 radical (unpaired) electrons. The maximum Gasteiger partial charge on any atom is 0.246 e. The molecule has 1 amide bonds. The second-order valence-corrected chi connectivity index (χ2v) is 7.97. The fourth-order valence-electron chi connectivity index (χ4n) is 3.63. The smallest absolute Gasteiger partial charge is 0.246 e. The third-order valence-electron chi connectivity index (χ3n) is 5.44. The predicted molar refractivity (Wildman–Crippen MR) is 129 cm³/mol. The Labute approximate surface area is 189 Å². The first-order chi connectivity index (χ1) is 15.6. The molecule has 5 heteroatoms. The van der Waals surface area contributed by atoms with Crippen molar-refractivity contribution in [2.45, 2.75) is 19.4 Å². The number of anilines is 1. The Kier molecular flexibility index (Phi) is 6.78. The highest BCUT2D eigenvalue weighted by molar-refractivity contribution is 5.95. The molecule has 0 saturated carbocycles. The van der Waals surface area contributed by atoms with Crippen molar-refractivity contribution in [3.8, 4) is 11.3 Å². The van der Waals surface area contributed by atoms with Crippen LogP contribution in [-0.2, 0) is 18.3 Å². The van der Waals surface area contributed by atoms with E-state index in [1.54, 1.807) is 4.68 Å². The topological polar surface area (TPSA) is 59.0 Å². The number of hydrogen-bond donors (Lipinski definition) is 2. The summed E-state index contributed by atoms with van der Waals surface area (Å²) in [6.07, 6.45) is 2.77. The van der Waals surface area contributed by atoms with E-state index in [1.165, 1.54) is 11.1 Å². The maximum atomic E-state index is 13.2. The second kappa shape index (κ2) is 10.1. The zero-order chi connectivity index (χ0) is 22.3. The molecule has 1 aromatic heterocycles. The van der Waals surface area contributed by atoms with Crippen LogP contribution in [0.1, 0.15) is 22.7 Å². The number of carbonyl (C=O) groups is 1. The Balaban J connectivity index is 1.43. The molecule has 0 bridgehead atoms. The molecule has 0 fully saturated rings. The summed E-state index contributed by atoms with van der Waals surface area (Å²) in [5.74, 6) is -0.0781. The van der Waals surface area contributed by atoms with Gasteiger partial charge in [-0.25, -0.2) is 0 Å². The van der Waals surface area contributed by atoms with Gasteiger partial charge in [0.15, 0.2) is 0 Å². The monoisotopic (exact) mass is 424 g/mol. The molecule has 2 N–H and O–H groups in total. The maximum absolute atomic E-state index is 13.2. The number of nitrogens with one attached hydrogen (secondary N) is 2. The summed E-state index contributed by atoms with van der Waals surface area (Å²) in [5.41, 5.74) is 6.12. The highest BCUT2D eigenvalue weighted by atomic mass is 16.2. The van der Waals surface area contributed by atoms with Crippen LogP contribution in [0.15, 0.2) is 91.1 Å². The van der Waals surface area contributed by atoms with E-state index in [0.29, 0.717) is 6.54 Å². The Morgan fingerprint density at radius 1 is 0.938 bits per heavy atom. The minimum absolute atomic E-state index is 0.0781. The van der Waals surface area contributed by atoms with Crippen LogP contribution in [0.4, 0.5) is 5.69 Å². The minimum Gasteiger partial charge on any atom is -0.324 e. The van der Waals surface area contributed by atoms with Crippen molar-refractivity contribution in [2.75, 3.05) is 11.9 Å². The first kappa shape index (κ1) is 21.5. The molecule has 1 atom stereocenters. The lowest BCUT2D eigenvalue weighted by Gasteiger charge is -2.19. The van der Waals surface area contributed by atoms with Gasteiger partial charge < -0.3 is 10.6 Å². The van der Waals surface area contributed by atoms with E-state index < -0.39 is 6.04 Å². The molecule has 162 valence electrons. The Morgan fingerprint density at radius 3 is 2.31 bits per heavy atom. The summed E-state index contributed by atoms with van der Waals surface area (Å²) in [6, 6.07) is 27.6. The number of nitrogens with zero attached hydrogens (tertiary/aromatic N) is 2.